The Bertz CT molecular complexity index is 858. The molecule has 3 rings (SSSR count). The molecule has 0 radical (unpaired) electrons. The van der Waals surface area contributed by atoms with Gasteiger partial charge in [0, 0.05) is 5.56 Å². The number of benzene rings is 3. The maximum absolute atomic E-state index is 12.3. The lowest BCUT2D eigenvalue weighted by molar-refractivity contribution is 0.102. The van der Waals surface area contributed by atoms with Crippen LogP contribution in [0, 0.1) is 6.92 Å². The van der Waals surface area contributed by atoms with E-state index >= 15 is 0 Å². The number of hydrogen-bond donors (Lipinski definition) is 2. The van der Waals surface area contributed by atoms with Crippen LogP contribution in [0.3, 0.4) is 0 Å². The third-order valence-electron chi connectivity index (χ3n) is 3.77. The Morgan fingerprint density at radius 3 is 2.40 bits per heavy atom. The van der Waals surface area contributed by atoms with E-state index in [0.29, 0.717) is 17.9 Å². The number of amides is 1. The lowest BCUT2D eigenvalue weighted by Crippen LogP contribution is -2.12. The van der Waals surface area contributed by atoms with E-state index in [1.807, 2.05) is 55.5 Å². The molecule has 0 aromatic heterocycles. The maximum Gasteiger partial charge on any atom is 0.255 e. The van der Waals surface area contributed by atoms with E-state index in [2.05, 4.69) is 5.32 Å². The summed E-state index contributed by atoms with van der Waals surface area (Å²) in [6.45, 7) is 2.31. The summed E-state index contributed by atoms with van der Waals surface area (Å²) < 4.78 is 5.68. The van der Waals surface area contributed by atoms with Gasteiger partial charge < -0.3 is 15.2 Å². The number of ether oxygens (including phenoxy) is 1. The normalized spacial score (nSPS) is 10.3. The number of phenols is 1. The molecule has 0 aliphatic heterocycles. The first-order valence-corrected chi connectivity index (χ1v) is 7.99. The summed E-state index contributed by atoms with van der Waals surface area (Å²) in [5.41, 5.74) is 2.81. The highest BCUT2D eigenvalue weighted by Gasteiger charge is 2.09. The van der Waals surface area contributed by atoms with E-state index in [-0.39, 0.29) is 11.7 Å². The van der Waals surface area contributed by atoms with E-state index in [0.717, 1.165) is 16.9 Å². The van der Waals surface area contributed by atoms with Gasteiger partial charge in [-0.1, -0.05) is 36.4 Å². The lowest BCUT2D eigenvalue weighted by Gasteiger charge is -2.09. The summed E-state index contributed by atoms with van der Waals surface area (Å²) >= 11 is 0. The predicted octanol–water partition coefficient (Wildman–Crippen LogP) is 4.53. The van der Waals surface area contributed by atoms with Gasteiger partial charge in [0.1, 0.15) is 18.1 Å². The quantitative estimate of drug-likeness (QED) is 0.674. The van der Waals surface area contributed by atoms with Crippen molar-refractivity contribution < 1.29 is 14.6 Å². The molecule has 4 heteroatoms. The minimum atomic E-state index is -0.269. The number of carbonyl (C=O) groups is 1. The van der Waals surface area contributed by atoms with Gasteiger partial charge in [0.2, 0.25) is 0 Å². The first-order valence-electron chi connectivity index (χ1n) is 7.99. The zero-order valence-corrected chi connectivity index (χ0v) is 13.9. The van der Waals surface area contributed by atoms with Gasteiger partial charge in [0.05, 0.1) is 5.69 Å². The molecule has 126 valence electrons. The van der Waals surface area contributed by atoms with E-state index < -0.39 is 0 Å². The van der Waals surface area contributed by atoms with Crippen LogP contribution in [0.1, 0.15) is 21.5 Å². The predicted molar refractivity (Wildman–Crippen MR) is 98.0 cm³/mol. The Balaban J connectivity index is 1.62. The van der Waals surface area contributed by atoms with Crippen molar-refractivity contribution in [1.82, 2.24) is 0 Å². The Labute approximate surface area is 146 Å². The number of aryl methyl sites for hydroxylation is 1. The van der Waals surface area contributed by atoms with Gasteiger partial charge in [-0.15, -0.1) is 0 Å². The Kier molecular flexibility index (Phi) is 5.00. The molecule has 3 aromatic carbocycles. The van der Waals surface area contributed by atoms with Crippen LogP contribution in [-0.2, 0) is 6.61 Å². The fourth-order valence-corrected chi connectivity index (χ4v) is 2.38. The zero-order valence-electron chi connectivity index (χ0n) is 13.9. The molecule has 3 aromatic rings. The smallest absolute Gasteiger partial charge is 0.255 e. The van der Waals surface area contributed by atoms with Crippen LogP contribution in [-0.4, -0.2) is 11.0 Å². The standard InChI is InChI=1S/C21H19NO3/c1-15-7-12-19(20(23)13-15)22-21(24)17-10-8-16(9-11-17)14-25-18-5-3-2-4-6-18/h2-13,23H,14H2,1H3,(H,22,24). The minimum Gasteiger partial charge on any atom is -0.506 e. The highest BCUT2D eigenvalue weighted by atomic mass is 16.5. The molecule has 4 nitrogen and oxygen atoms in total. The van der Waals surface area contributed by atoms with Crippen LogP contribution >= 0.6 is 0 Å². The molecule has 0 saturated heterocycles. The zero-order chi connectivity index (χ0) is 17.6. The van der Waals surface area contributed by atoms with Crippen molar-refractivity contribution in [1.29, 1.82) is 0 Å². The highest BCUT2D eigenvalue weighted by Crippen LogP contribution is 2.24. The average Bonchev–Trinajstić information content (AvgIpc) is 2.63. The molecule has 0 atom stereocenters. The Morgan fingerprint density at radius 1 is 1.00 bits per heavy atom. The summed E-state index contributed by atoms with van der Waals surface area (Å²) in [7, 11) is 0. The highest BCUT2D eigenvalue weighted by molar-refractivity contribution is 6.05. The third-order valence-corrected chi connectivity index (χ3v) is 3.77. The number of phenolic OH excluding ortho intramolecular Hbond substituents is 1. The van der Waals surface area contributed by atoms with Crippen LogP contribution in [0.5, 0.6) is 11.5 Å². The maximum atomic E-state index is 12.3. The number of hydrogen-bond acceptors (Lipinski definition) is 3. The third kappa shape index (κ3) is 4.38. The molecule has 2 N–H and O–H groups in total. The molecule has 0 aliphatic carbocycles. The summed E-state index contributed by atoms with van der Waals surface area (Å²) in [6.07, 6.45) is 0. The number of nitrogens with one attached hydrogen (secondary N) is 1. The fraction of sp³-hybridized carbons (Fsp3) is 0.0952. The van der Waals surface area contributed by atoms with Gasteiger partial charge in [-0.3, -0.25) is 4.79 Å². The Hall–Kier alpha value is -3.27. The molecule has 0 bridgehead atoms. The van der Waals surface area contributed by atoms with Gasteiger partial charge in [-0.25, -0.2) is 0 Å². The van der Waals surface area contributed by atoms with Crippen LogP contribution < -0.4 is 10.1 Å². The monoisotopic (exact) mass is 333 g/mol. The molecule has 0 unspecified atom stereocenters. The molecule has 0 fully saturated rings. The lowest BCUT2D eigenvalue weighted by atomic mass is 10.1. The van der Waals surface area contributed by atoms with Gasteiger partial charge in [-0.2, -0.15) is 0 Å². The minimum absolute atomic E-state index is 0.0567. The first-order chi connectivity index (χ1) is 12.1. The van der Waals surface area contributed by atoms with Crippen molar-refractivity contribution in [2.24, 2.45) is 0 Å². The number of aromatic hydroxyl groups is 1. The van der Waals surface area contributed by atoms with Crippen LogP contribution in [0.25, 0.3) is 0 Å². The summed E-state index contributed by atoms with van der Waals surface area (Å²) in [5.74, 6) is 0.593. The topological polar surface area (TPSA) is 58.6 Å². The molecule has 1 amide bonds. The van der Waals surface area contributed by atoms with E-state index in [1.54, 1.807) is 24.3 Å². The molecular formula is C21H19NO3. The van der Waals surface area contributed by atoms with Crippen molar-refractivity contribution in [2.75, 3.05) is 5.32 Å². The second-order valence-corrected chi connectivity index (χ2v) is 5.77. The SMILES string of the molecule is Cc1ccc(NC(=O)c2ccc(COc3ccccc3)cc2)c(O)c1. The van der Waals surface area contributed by atoms with E-state index in [1.165, 1.54) is 0 Å². The van der Waals surface area contributed by atoms with E-state index in [4.69, 9.17) is 4.74 Å². The number of rotatable bonds is 5. The van der Waals surface area contributed by atoms with E-state index in [9.17, 15) is 9.90 Å². The molecule has 0 saturated carbocycles. The fourth-order valence-electron chi connectivity index (χ4n) is 2.38. The summed E-state index contributed by atoms with van der Waals surface area (Å²) in [5, 5.41) is 12.6. The average molecular weight is 333 g/mol. The summed E-state index contributed by atoms with van der Waals surface area (Å²) in [4.78, 5) is 12.3. The number of para-hydroxylation sites is 1. The van der Waals surface area contributed by atoms with Crippen molar-refractivity contribution in [3.63, 3.8) is 0 Å². The van der Waals surface area contributed by atoms with Crippen molar-refractivity contribution in [3.05, 3.63) is 89.5 Å². The van der Waals surface area contributed by atoms with Crippen molar-refractivity contribution >= 4 is 11.6 Å². The van der Waals surface area contributed by atoms with Gasteiger partial charge in [0.25, 0.3) is 5.91 Å². The first kappa shape index (κ1) is 16.6. The second kappa shape index (κ2) is 7.53. The van der Waals surface area contributed by atoms with Gasteiger partial charge in [-0.05, 0) is 54.4 Å². The second-order valence-electron chi connectivity index (χ2n) is 5.77. The van der Waals surface area contributed by atoms with Crippen LogP contribution in [0.2, 0.25) is 0 Å². The summed E-state index contributed by atoms with van der Waals surface area (Å²) in [6, 6.07) is 21.9. The largest absolute Gasteiger partial charge is 0.506 e. The molecule has 0 spiro atoms. The molecule has 0 heterocycles. The van der Waals surface area contributed by atoms with Gasteiger partial charge in [0.15, 0.2) is 0 Å². The van der Waals surface area contributed by atoms with Crippen LogP contribution in [0.15, 0.2) is 72.8 Å². The number of carbonyl (C=O) groups excluding carboxylic acids is 1. The van der Waals surface area contributed by atoms with Gasteiger partial charge >= 0.3 is 0 Å². The van der Waals surface area contributed by atoms with Crippen molar-refractivity contribution in [2.45, 2.75) is 13.5 Å². The van der Waals surface area contributed by atoms with Crippen molar-refractivity contribution in [3.8, 4) is 11.5 Å². The molecule has 25 heavy (non-hydrogen) atoms. The molecular weight excluding hydrogens is 314 g/mol. The number of anilines is 1. The Morgan fingerprint density at radius 2 is 1.72 bits per heavy atom. The van der Waals surface area contributed by atoms with Crippen LogP contribution in [0.4, 0.5) is 5.69 Å². The molecule has 0 aliphatic rings.